The van der Waals surface area contributed by atoms with Crippen molar-refractivity contribution in [3.05, 3.63) is 29.8 Å². The first-order valence-corrected chi connectivity index (χ1v) is 13.5. The van der Waals surface area contributed by atoms with Gasteiger partial charge in [-0.05, 0) is 86.8 Å². The highest BCUT2D eigenvalue weighted by Crippen LogP contribution is 2.38. The van der Waals surface area contributed by atoms with Crippen LogP contribution in [-0.2, 0) is 4.79 Å². The number of ether oxygens (including phenoxy) is 1. The Morgan fingerprint density at radius 1 is 0.742 bits per heavy atom. The molecule has 31 heavy (non-hydrogen) atoms. The highest BCUT2D eigenvalue weighted by Gasteiger charge is 2.27. The van der Waals surface area contributed by atoms with Gasteiger partial charge in [-0.3, -0.25) is 4.79 Å². The van der Waals surface area contributed by atoms with Crippen LogP contribution in [0.4, 0.5) is 0 Å². The van der Waals surface area contributed by atoms with Gasteiger partial charge in [0.25, 0.3) is 0 Å². The fraction of sp³-hybridized carbons (Fsp3) is 0.759. The van der Waals surface area contributed by atoms with E-state index in [1.165, 1.54) is 95.5 Å². The van der Waals surface area contributed by atoms with Crippen LogP contribution in [0, 0.1) is 17.8 Å². The minimum Gasteiger partial charge on any atom is -0.426 e. The van der Waals surface area contributed by atoms with Gasteiger partial charge in [-0.25, -0.2) is 0 Å². The molecule has 0 atom stereocenters. The van der Waals surface area contributed by atoms with Gasteiger partial charge in [-0.15, -0.1) is 0 Å². The summed E-state index contributed by atoms with van der Waals surface area (Å²) >= 11 is 0. The van der Waals surface area contributed by atoms with Gasteiger partial charge in [0.15, 0.2) is 0 Å². The lowest BCUT2D eigenvalue weighted by Crippen LogP contribution is -2.25. The second-order valence-electron chi connectivity index (χ2n) is 10.4. The Balaban J connectivity index is 1.38. The zero-order chi connectivity index (χ0) is 21.9. The maximum absolute atomic E-state index is 12.6. The Morgan fingerprint density at radius 2 is 1.32 bits per heavy atom. The molecular formula is C29H46O2. The van der Waals surface area contributed by atoms with Gasteiger partial charge in [0.1, 0.15) is 5.75 Å². The number of carbonyl (C=O) groups is 1. The molecule has 1 aromatic carbocycles. The Hall–Kier alpha value is -1.31. The van der Waals surface area contributed by atoms with Crippen LogP contribution in [0.1, 0.15) is 128 Å². The minimum atomic E-state index is -0.00901. The zero-order valence-corrected chi connectivity index (χ0v) is 20.2. The number of benzene rings is 1. The molecule has 1 aromatic rings. The van der Waals surface area contributed by atoms with E-state index in [0.29, 0.717) is 5.92 Å². The molecule has 2 aliphatic rings. The standard InChI is InChI=1S/C29H46O2/c1-3-5-7-8-10-24-11-15-25(16-12-24)26-19-21-28(22-20-26)31-29(30)27-17-13-23(14-18-27)9-6-4-2/h19-25,27H,3-18H2,1-2H3. The molecule has 0 unspecified atom stereocenters. The average Bonchev–Trinajstić information content (AvgIpc) is 2.82. The van der Waals surface area contributed by atoms with Crippen LogP contribution < -0.4 is 4.74 Å². The molecule has 0 amide bonds. The second-order valence-corrected chi connectivity index (χ2v) is 10.4. The van der Waals surface area contributed by atoms with E-state index in [1.54, 1.807) is 0 Å². The molecule has 3 rings (SSSR count). The third kappa shape index (κ3) is 7.95. The molecule has 2 aliphatic carbocycles. The van der Waals surface area contributed by atoms with Crippen molar-refractivity contribution in [3.63, 3.8) is 0 Å². The van der Waals surface area contributed by atoms with E-state index in [9.17, 15) is 4.79 Å². The highest BCUT2D eigenvalue weighted by atomic mass is 16.5. The van der Waals surface area contributed by atoms with E-state index in [1.807, 2.05) is 12.1 Å². The van der Waals surface area contributed by atoms with Crippen molar-refractivity contribution >= 4 is 5.97 Å². The van der Waals surface area contributed by atoms with Crippen LogP contribution in [0.3, 0.4) is 0 Å². The average molecular weight is 427 g/mol. The van der Waals surface area contributed by atoms with Crippen molar-refractivity contribution in [1.82, 2.24) is 0 Å². The first-order chi connectivity index (χ1) is 15.2. The van der Waals surface area contributed by atoms with Gasteiger partial charge in [0.2, 0.25) is 0 Å². The van der Waals surface area contributed by atoms with Crippen LogP contribution in [0.15, 0.2) is 24.3 Å². The van der Waals surface area contributed by atoms with Gasteiger partial charge in [-0.2, -0.15) is 0 Å². The topological polar surface area (TPSA) is 26.3 Å². The second kappa shape index (κ2) is 13.3. The molecule has 0 radical (unpaired) electrons. The minimum absolute atomic E-state index is 0.00901. The van der Waals surface area contributed by atoms with Crippen LogP contribution >= 0.6 is 0 Å². The van der Waals surface area contributed by atoms with Crippen LogP contribution in [0.5, 0.6) is 5.75 Å². The van der Waals surface area contributed by atoms with Crippen molar-refractivity contribution in [2.24, 2.45) is 17.8 Å². The largest absolute Gasteiger partial charge is 0.426 e. The molecule has 2 fully saturated rings. The van der Waals surface area contributed by atoms with Gasteiger partial charge >= 0.3 is 5.97 Å². The number of rotatable bonds is 11. The maximum atomic E-state index is 12.6. The fourth-order valence-electron chi connectivity index (χ4n) is 5.83. The van der Waals surface area contributed by atoms with Crippen molar-refractivity contribution in [2.45, 2.75) is 122 Å². The quantitative estimate of drug-likeness (QED) is 0.201. The molecule has 2 heteroatoms. The molecule has 0 aliphatic heterocycles. The first kappa shape index (κ1) is 24.3. The lowest BCUT2D eigenvalue weighted by atomic mass is 9.77. The predicted octanol–water partition coefficient (Wildman–Crippen LogP) is 8.83. The third-order valence-electron chi connectivity index (χ3n) is 8.03. The van der Waals surface area contributed by atoms with E-state index in [2.05, 4.69) is 26.0 Å². The molecule has 2 nitrogen and oxygen atoms in total. The summed E-state index contributed by atoms with van der Waals surface area (Å²) in [5.74, 6) is 3.29. The highest BCUT2D eigenvalue weighted by molar-refractivity contribution is 5.75. The number of hydrogen-bond donors (Lipinski definition) is 0. The molecule has 0 spiro atoms. The number of hydrogen-bond acceptors (Lipinski definition) is 2. The molecule has 0 aromatic heterocycles. The monoisotopic (exact) mass is 426 g/mol. The summed E-state index contributed by atoms with van der Waals surface area (Å²) in [6.45, 7) is 4.55. The van der Waals surface area contributed by atoms with Crippen LogP contribution in [0.25, 0.3) is 0 Å². The summed E-state index contributed by atoms with van der Waals surface area (Å²) in [6.07, 6.45) is 20.7. The summed E-state index contributed by atoms with van der Waals surface area (Å²) in [5, 5.41) is 0. The third-order valence-corrected chi connectivity index (χ3v) is 8.03. The van der Waals surface area contributed by atoms with E-state index < -0.39 is 0 Å². The number of unbranched alkanes of at least 4 members (excludes halogenated alkanes) is 4. The Morgan fingerprint density at radius 3 is 1.94 bits per heavy atom. The van der Waals surface area contributed by atoms with Gasteiger partial charge < -0.3 is 4.74 Å². The van der Waals surface area contributed by atoms with Crippen LogP contribution in [-0.4, -0.2) is 5.97 Å². The lowest BCUT2D eigenvalue weighted by Gasteiger charge is -2.29. The van der Waals surface area contributed by atoms with Crippen molar-refractivity contribution in [1.29, 1.82) is 0 Å². The van der Waals surface area contributed by atoms with E-state index in [-0.39, 0.29) is 11.9 Å². The zero-order valence-electron chi connectivity index (χ0n) is 20.2. The van der Waals surface area contributed by atoms with E-state index >= 15 is 0 Å². The molecular weight excluding hydrogens is 380 g/mol. The molecule has 0 saturated heterocycles. The van der Waals surface area contributed by atoms with E-state index in [0.717, 1.165) is 30.4 Å². The summed E-state index contributed by atoms with van der Waals surface area (Å²) in [5.41, 5.74) is 1.43. The lowest BCUT2D eigenvalue weighted by molar-refractivity contribution is -0.140. The molecule has 2 saturated carbocycles. The van der Waals surface area contributed by atoms with E-state index in [4.69, 9.17) is 4.74 Å². The Kier molecular flexibility index (Phi) is 10.4. The Labute approximate surface area is 191 Å². The maximum Gasteiger partial charge on any atom is 0.314 e. The normalized spacial score (nSPS) is 26.5. The molecule has 0 bridgehead atoms. The summed E-state index contributed by atoms with van der Waals surface area (Å²) in [4.78, 5) is 12.6. The molecule has 0 N–H and O–H groups in total. The fourth-order valence-corrected chi connectivity index (χ4v) is 5.83. The van der Waals surface area contributed by atoms with Gasteiger partial charge in [0, 0.05) is 0 Å². The van der Waals surface area contributed by atoms with Gasteiger partial charge in [-0.1, -0.05) is 77.3 Å². The predicted molar refractivity (Wildman–Crippen MR) is 131 cm³/mol. The summed E-state index contributed by atoms with van der Waals surface area (Å²) < 4.78 is 5.75. The van der Waals surface area contributed by atoms with Gasteiger partial charge in [0.05, 0.1) is 5.92 Å². The number of carbonyl (C=O) groups excluding carboxylic acids is 1. The van der Waals surface area contributed by atoms with Crippen molar-refractivity contribution in [2.75, 3.05) is 0 Å². The molecule has 0 heterocycles. The van der Waals surface area contributed by atoms with Crippen molar-refractivity contribution in [3.8, 4) is 5.75 Å². The number of esters is 1. The smallest absolute Gasteiger partial charge is 0.314 e. The Bertz CT molecular complexity index is 619. The summed E-state index contributed by atoms with van der Waals surface area (Å²) in [6, 6.07) is 8.46. The molecule has 174 valence electrons. The summed E-state index contributed by atoms with van der Waals surface area (Å²) in [7, 11) is 0. The SMILES string of the molecule is CCCCCCC1CCC(c2ccc(OC(=O)C3CCC(CCCC)CC3)cc2)CC1. The first-order valence-electron chi connectivity index (χ1n) is 13.5. The van der Waals surface area contributed by atoms with Crippen LogP contribution in [0.2, 0.25) is 0 Å². The van der Waals surface area contributed by atoms with Crippen molar-refractivity contribution < 1.29 is 9.53 Å².